The maximum absolute atomic E-state index is 5.74. The zero-order valence-electron chi connectivity index (χ0n) is 10.7. The van der Waals surface area contributed by atoms with Gasteiger partial charge in [0.05, 0.1) is 0 Å². The Hall–Kier alpha value is -0.900. The Balaban J connectivity index is 1.86. The summed E-state index contributed by atoms with van der Waals surface area (Å²) in [7, 11) is 0. The van der Waals surface area contributed by atoms with Gasteiger partial charge in [0.25, 0.3) is 0 Å². The van der Waals surface area contributed by atoms with Crippen molar-refractivity contribution in [2.24, 2.45) is 5.73 Å². The quantitative estimate of drug-likeness (QED) is 0.917. The van der Waals surface area contributed by atoms with E-state index in [4.69, 9.17) is 5.73 Å². The highest BCUT2D eigenvalue weighted by Gasteiger charge is 2.13. The largest absolute Gasteiger partial charge is 0.326 e. The minimum atomic E-state index is 0.634. The molecule has 1 aliphatic rings. The molecule has 0 atom stereocenters. The van der Waals surface area contributed by atoms with Crippen molar-refractivity contribution in [1.82, 2.24) is 4.90 Å². The maximum atomic E-state index is 5.74. The van der Waals surface area contributed by atoms with Crippen molar-refractivity contribution < 1.29 is 0 Å². The third-order valence-electron chi connectivity index (χ3n) is 3.80. The van der Waals surface area contributed by atoms with Gasteiger partial charge in [0.15, 0.2) is 0 Å². The predicted octanol–water partition coefficient (Wildman–Crippen LogP) is 3.35. The van der Waals surface area contributed by atoms with Gasteiger partial charge in [-0.2, -0.15) is 0 Å². The van der Waals surface area contributed by atoms with Gasteiger partial charge in [-0.1, -0.05) is 12.5 Å². The van der Waals surface area contributed by atoms with E-state index in [0.29, 0.717) is 6.54 Å². The predicted molar refractivity (Wildman–Crippen MR) is 78.8 cm³/mol. The highest BCUT2D eigenvalue weighted by Crippen LogP contribution is 2.28. The Morgan fingerprint density at radius 3 is 2.78 bits per heavy atom. The summed E-state index contributed by atoms with van der Waals surface area (Å²) in [4.78, 5) is 2.58. The lowest BCUT2D eigenvalue weighted by molar-refractivity contribution is 0.222. The molecule has 3 heteroatoms. The van der Waals surface area contributed by atoms with Gasteiger partial charge in [0.2, 0.25) is 0 Å². The van der Waals surface area contributed by atoms with Gasteiger partial charge in [-0.25, -0.2) is 0 Å². The molecule has 1 fully saturated rings. The van der Waals surface area contributed by atoms with Gasteiger partial charge in [-0.3, -0.25) is 4.90 Å². The van der Waals surface area contributed by atoms with Crippen molar-refractivity contribution in [3.8, 4) is 0 Å². The lowest BCUT2D eigenvalue weighted by atomic mass is 10.1. The van der Waals surface area contributed by atoms with Crippen LogP contribution in [0.2, 0.25) is 0 Å². The topological polar surface area (TPSA) is 29.3 Å². The number of piperidine rings is 1. The van der Waals surface area contributed by atoms with Crippen LogP contribution in [0.4, 0.5) is 0 Å². The first kappa shape index (κ1) is 12.2. The zero-order chi connectivity index (χ0) is 12.4. The van der Waals surface area contributed by atoms with Crippen molar-refractivity contribution >= 4 is 21.4 Å². The van der Waals surface area contributed by atoms with E-state index in [1.54, 1.807) is 0 Å². The minimum absolute atomic E-state index is 0.634. The van der Waals surface area contributed by atoms with Crippen molar-refractivity contribution in [3.63, 3.8) is 0 Å². The summed E-state index contributed by atoms with van der Waals surface area (Å²) in [5.41, 5.74) is 8.45. The van der Waals surface area contributed by atoms with Gasteiger partial charge in [-0.05, 0) is 60.0 Å². The van der Waals surface area contributed by atoms with Crippen molar-refractivity contribution in [3.05, 3.63) is 34.7 Å². The number of likely N-dealkylation sites (tertiary alicyclic amines) is 1. The molecule has 0 radical (unpaired) electrons. The molecular formula is C15H20N2S. The first-order chi connectivity index (χ1) is 8.86. The Kier molecular flexibility index (Phi) is 3.64. The summed E-state index contributed by atoms with van der Waals surface area (Å²) < 4.78 is 1.39. The monoisotopic (exact) mass is 260 g/mol. The fourth-order valence-corrected chi connectivity index (χ4v) is 3.67. The summed E-state index contributed by atoms with van der Waals surface area (Å²) in [5, 5.41) is 3.73. The molecule has 0 aliphatic carbocycles. The van der Waals surface area contributed by atoms with E-state index in [2.05, 4.69) is 28.5 Å². The zero-order valence-corrected chi connectivity index (χ0v) is 11.5. The third-order valence-corrected chi connectivity index (χ3v) is 4.81. The smallest absolute Gasteiger partial charge is 0.0346 e. The van der Waals surface area contributed by atoms with Crippen LogP contribution in [0.3, 0.4) is 0 Å². The van der Waals surface area contributed by atoms with Crippen LogP contribution in [0.1, 0.15) is 30.4 Å². The molecular weight excluding hydrogens is 240 g/mol. The van der Waals surface area contributed by atoms with Crippen LogP contribution in [0.25, 0.3) is 10.1 Å². The number of nitrogens with two attached hydrogens (primary N) is 1. The fourth-order valence-electron chi connectivity index (χ4n) is 2.74. The minimum Gasteiger partial charge on any atom is -0.326 e. The number of hydrogen-bond donors (Lipinski definition) is 1. The normalized spacial score (nSPS) is 17.4. The SMILES string of the molecule is NCc1ccc2scc(CN3CCCCC3)c2c1. The molecule has 2 nitrogen and oxygen atoms in total. The number of benzene rings is 1. The molecule has 1 aromatic heterocycles. The maximum Gasteiger partial charge on any atom is 0.0346 e. The molecule has 0 spiro atoms. The summed E-state index contributed by atoms with van der Waals surface area (Å²) in [6.07, 6.45) is 4.12. The Morgan fingerprint density at radius 2 is 2.00 bits per heavy atom. The molecule has 96 valence electrons. The molecule has 2 heterocycles. The lowest BCUT2D eigenvalue weighted by Gasteiger charge is -2.26. The van der Waals surface area contributed by atoms with E-state index in [1.165, 1.54) is 53.6 Å². The molecule has 18 heavy (non-hydrogen) atoms. The summed E-state index contributed by atoms with van der Waals surface area (Å²) in [6.45, 7) is 4.25. The van der Waals surface area contributed by atoms with E-state index < -0.39 is 0 Å². The fraction of sp³-hybridized carbons (Fsp3) is 0.467. The number of nitrogens with zero attached hydrogens (tertiary/aromatic N) is 1. The van der Waals surface area contributed by atoms with Crippen molar-refractivity contribution in [2.75, 3.05) is 13.1 Å². The molecule has 0 saturated carbocycles. The van der Waals surface area contributed by atoms with Crippen LogP contribution >= 0.6 is 11.3 Å². The molecule has 3 rings (SSSR count). The van der Waals surface area contributed by atoms with E-state index in [0.717, 1.165) is 6.54 Å². The number of fused-ring (bicyclic) bond motifs is 1. The molecule has 2 aromatic rings. The number of thiophene rings is 1. The van der Waals surface area contributed by atoms with Gasteiger partial charge in [0.1, 0.15) is 0 Å². The van der Waals surface area contributed by atoms with Gasteiger partial charge in [-0.15, -0.1) is 11.3 Å². The molecule has 1 aliphatic heterocycles. The number of hydrogen-bond acceptors (Lipinski definition) is 3. The first-order valence-electron chi connectivity index (χ1n) is 6.78. The highest BCUT2D eigenvalue weighted by molar-refractivity contribution is 7.17. The second kappa shape index (κ2) is 5.39. The molecule has 0 amide bonds. The van der Waals surface area contributed by atoms with E-state index in [-0.39, 0.29) is 0 Å². The highest BCUT2D eigenvalue weighted by atomic mass is 32.1. The van der Waals surface area contributed by atoms with E-state index in [9.17, 15) is 0 Å². The molecule has 1 aromatic carbocycles. The average Bonchev–Trinajstić information content (AvgIpc) is 2.82. The van der Waals surface area contributed by atoms with Gasteiger partial charge >= 0.3 is 0 Å². The van der Waals surface area contributed by atoms with Crippen molar-refractivity contribution in [2.45, 2.75) is 32.4 Å². The summed E-state index contributed by atoms with van der Waals surface area (Å²) >= 11 is 1.85. The van der Waals surface area contributed by atoms with Gasteiger partial charge < -0.3 is 5.73 Å². The van der Waals surface area contributed by atoms with E-state index >= 15 is 0 Å². The van der Waals surface area contributed by atoms with Crippen LogP contribution in [-0.2, 0) is 13.1 Å². The van der Waals surface area contributed by atoms with Crippen LogP contribution in [0.5, 0.6) is 0 Å². The average molecular weight is 260 g/mol. The summed E-state index contributed by atoms with van der Waals surface area (Å²) in [6, 6.07) is 6.62. The Labute approximate surface area is 112 Å². The third kappa shape index (κ3) is 2.44. The second-order valence-corrected chi connectivity index (χ2v) is 6.04. The summed E-state index contributed by atoms with van der Waals surface area (Å²) in [5.74, 6) is 0. The van der Waals surface area contributed by atoms with Crippen molar-refractivity contribution in [1.29, 1.82) is 0 Å². The standard InChI is InChI=1S/C15H20N2S/c16-9-12-4-5-15-14(8-12)13(11-18-15)10-17-6-2-1-3-7-17/h4-5,8,11H,1-3,6-7,9-10,16H2. The molecule has 2 N–H and O–H groups in total. The molecule has 0 bridgehead atoms. The van der Waals surface area contributed by atoms with E-state index in [1.807, 2.05) is 11.3 Å². The van der Waals surface area contributed by atoms with Crippen LogP contribution < -0.4 is 5.73 Å². The van der Waals surface area contributed by atoms with Crippen LogP contribution in [0.15, 0.2) is 23.6 Å². The number of rotatable bonds is 3. The van der Waals surface area contributed by atoms with Crippen LogP contribution in [-0.4, -0.2) is 18.0 Å². The molecule has 0 unspecified atom stereocenters. The lowest BCUT2D eigenvalue weighted by Crippen LogP contribution is -2.28. The van der Waals surface area contributed by atoms with Crippen LogP contribution in [0, 0.1) is 0 Å². The Bertz CT molecular complexity index is 526. The molecule has 1 saturated heterocycles. The first-order valence-corrected chi connectivity index (χ1v) is 7.66. The Morgan fingerprint density at radius 1 is 1.17 bits per heavy atom. The van der Waals surface area contributed by atoms with Gasteiger partial charge in [0, 0.05) is 17.8 Å². The second-order valence-electron chi connectivity index (χ2n) is 5.13.